The number of benzene rings is 3. The number of nitrogens with one attached hydrogen (secondary N) is 1. The van der Waals surface area contributed by atoms with E-state index in [1.807, 2.05) is 43.9 Å². The Bertz CT molecular complexity index is 1590. The molecule has 0 saturated carbocycles. The van der Waals surface area contributed by atoms with E-state index in [1.165, 1.54) is 0 Å². The molecule has 0 saturated heterocycles. The van der Waals surface area contributed by atoms with Crippen LogP contribution in [0.4, 0.5) is 0 Å². The minimum absolute atomic E-state index is 0.216. The second-order valence-corrected chi connectivity index (χ2v) is 9.53. The van der Waals surface area contributed by atoms with Crippen LogP contribution < -0.4 is 15.8 Å². The molecule has 2 heterocycles. The fourth-order valence-corrected chi connectivity index (χ4v) is 5.08. The Morgan fingerprint density at radius 2 is 1.78 bits per heavy atom. The van der Waals surface area contributed by atoms with Crippen LogP contribution in [0.25, 0.3) is 32.9 Å². The normalized spacial score (nSPS) is 13.0. The number of nitrogens with zero attached hydrogens (tertiary/aromatic N) is 2. The minimum Gasteiger partial charge on any atom is -0.493 e. The molecule has 4 aromatic rings. The third-order valence-corrected chi connectivity index (χ3v) is 6.84. The van der Waals surface area contributed by atoms with Gasteiger partial charge in [0, 0.05) is 41.0 Å². The van der Waals surface area contributed by atoms with Gasteiger partial charge in [-0.15, -0.1) is 0 Å². The van der Waals surface area contributed by atoms with Gasteiger partial charge in [-0.05, 0) is 44.3 Å². The lowest BCUT2D eigenvalue weighted by atomic mass is 9.92. The number of imide groups is 1. The number of hydrogen-bond donors (Lipinski definition) is 2. The summed E-state index contributed by atoms with van der Waals surface area (Å²) in [5.74, 6) is -1.24. The van der Waals surface area contributed by atoms with Crippen molar-refractivity contribution in [2.75, 3.05) is 27.2 Å². The average Bonchev–Trinajstić information content (AvgIpc) is 3.28. The Morgan fingerprint density at radius 1 is 1.06 bits per heavy atom. The Kier molecular flexibility index (Phi) is 5.94. The topological polar surface area (TPSA) is 107 Å². The van der Waals surface area contributed by atoms with Gasteiger partial charge in [0.1, 0.15) is 5.75 Å². The largest absolute Gasteiger partial charge is 0.493 e. The molecule has 1 aliphatic heterocycles. The summed E-state index contributed by atoms with van der Waals surface area (Å²) in [7, 11) is 5.82. The van der Waals surface area contributed by atoms with E-state index in [1.54, 1.807) is 24.3 Å². The highest BCUT2D eigenvalue weighted by molar-refractivity contribution is 6.36. The predicted octanol–water partition coefficient (Wildman–Crippen LogP) is 3.96. The number of hydrogen-bond acceptors (Lipinski definition) is 5. The van der Waals surface area contributed by atoms with Gasteiger partial charge in [0.2, 0.25) is 0 Å². The second kappa shape index (κ2) is 8.96. The molecule has 3 amide bonds. The molecule has 0 fully saturated rings. The van der Waals surface area contributed by atoms with Gasteiger partial charge in [0.05, 0.1) is 34.3 Å². The molecular formula is C27H25ClN4O4. The van der Waals surface area contributed by atoms with Gasteiger partial charge in [0.15, 0.2) is 0 Å². The molecule has 0 spiro atoms. The van der Waals surface area contributed by atoms with Crippen molar-refractivity contribution in [2.24, 2.45) is 12.8 Å². The number of aryl methyl sites for hydroxylation is 1. The summed E-state index contributed by atoms with van der Waals surface area (Å²) < 4.78 is 7.87. The number of nitrogens with two attached hydrogens (primary N) is 1. The van der Waals surface area contributed by atoms with Crippen LogP contribution in [0.5, 0.6) is 5.75 Å². The Morgan fingerprint density at radius 3 is 2.47 bits per heavy atom. The van der Waals surface area contributed by atoms with E-state index in [0.29, 0.717) is 44.8 Å². The molecule has 3 N–H and O–H groups in total. The fraction of sp³-hybridized carbons (Fsp3) is 0.222. The second-order valence-electron chi connectivity index (χ2n) is 9.13. The highest BCUT2D eigenvalue weighted by atomic mass is 35.5. The molecule has 36 heavy (non-hydrogen) atoms. The summed E-state index contributed by atoms with van der Waals surface area (Å²) in [6.45, 7) is 1.25. The van der Waals surface area contributed by atoms with E-state index in [2.05, 4.69) is 10.2 Å². The van der Waals surface area contributed by atoms with Crippen LogP contribution in [0.3, 0.4) is 0 Å². The lowest BCUT2D eigenvalue weighted by Crippen LogP contribution is -2.20. The molecule has 0 bridgehead atoms. The van der Waals surface area contributed by atoms with Crippen molar-refractivity contribution in [3.8, 4) is 16.9 Å². The van der Waals surface area contributed by atoms with Crippen LogP contribution >= 0.6 is 11.6 Å². The maximum Gasteiger partial charge on any atom is 0.259 e. The lowest BCUT2D eigenvalue weighted by Gasteiger charge is -2.13. The first-order chi connectivity index (χ1) is 17.2. The Balaban J connectivity index is 1.79. The molecule has 0 unspecified atom stereocenters. The number of amides is 3. The number of primary amides is 1. The van der Waals surface area contributed by atoms with Crippen molar-refractivity contribution < 1.29 is 19.1 Å². The summed E-state index contributed by atoms with van der Waals surface area (Å²) in [4.78, 5) is 40.4. The van der Waals surface area contributed by atoms with Crippen molar-refractivity contribution in [3.05, 3.63) is 64.2 Å². The Labute approximate surface area is 212 Å². The zero-order valence-corrected chi connectivity index (χ0v) is 20.9. The first kappa shape index (κ1) is 23.8. The average molecular weight is 505 g/mol. The summed E-state index contributed by atoms with van der Waals surface area (Å²) in [6.07, 6.45) is 0.773. The van der Waals surface area contributed by atoms with Crippen LogP contribution in [0.1, 0.15) is 37.5 Å². The molecule has 1 aromatic heterocycles. The number of fused-ring (bicyclic) bond motifs is 5. The summed E-state index contributed by atoms with van der Waals surface area (Å²) in [5.41, 5.74) is 9.10. The number of aromatic nitrogens is 1. The number of rotatable bonds is 7. The van der Waals surface area contributed by atoms with E-state index >= 15 is 0 Å². The summed E-state index contributed by atoms with van der Waals surface area (Å²) in [6, 6.07) is 12.4. The van der Waals surface area contributed by atoms with Gasteiger partial charge < -0.3 is 19.9 Å². The smallest absolute Gasteiger partial charge is 0.259 e. The molecule has 9 heteroatoms. The third kappa shape index (κ3) is 3.79. The highest BCUT2D eigenvalue weighted by Gasteiger charge is 2.35. The number of ether oxygens (including phenoxy) is 1. The maximum atomic E-state index is 13.0. The molecule has 1 aliphatic rings. The van der Waals surface area contributed by atoms with Crippen LogP contribution in [-0.4, -0.2) is 54.4 Å². The first-order valence-electron chi connectivity index (χ1n) is 11.5. The zero-order valence-electron chi connectivity index (χ0n) is 20.1. The van der Waals surface area contributed by atoms with Gasteiger partial charge in [-0.1, -0.05) is 29.8 Å². The van der Waals surface area contributed by atoms with Crippen molar-refractivity contribution in [3.63, 3.8) is 0 Å². The van der Waals surface area contributed by atoms with E-state index in [-0.39, 0.29) is 16.7 Å². The fourth-order valence-electron chi connectivity index (χ4n) is 4.84. The first-order valence-corrected chi connectivity index (χ1v) is 11.9. The summed E-state index contributed by atoms with van der Waals surface area (Å²) >= 11 is 6.48. The SMILES string of the molecule is CN(C)CCCOc1cc2c(cc1C(N)=O)c1c3c(c(-c4ccccc4Cl)cc1n2C)C(=O)NC3=O. The van der Waals surface area contributed by atoms with Gasteiger partial charge in [-0.25, -0.2) is 0 Å². The van der Waals surface area contributed by atoms with Gasteiger partial charge in [-0.2, -0.15) is 0 Å². The van der Waals surface area contributed by atoms with Crippen LogP contribution in [-0.2, 0) is 7.05 Å². The third-order valence-electron chi connectivity index (χ3n) is 6.51. The van der Waals surface area contributed by atoms with E-state index in [4.69, 9.17) is 22.1 Å². The summed E-state index contributed by atoms with van der Waals surface area (Å²) in [5, 5.41) is 4.09. The number of carbonyl (C=O) groups is 3. The minimum atomic E-state index is -0.638. The van der Waals surface area contributed by atoms with Crippen LogP contribution in [0, 0.1) is 0 Å². The van der Waals surface area contributed by atoms with E-state index < -0.39 is 17.7 Å². The van der Waals surface area contributed by atoms with Gasteiger partial charge in [-0.3, -0.25) is 19.7 Å². The van der Waals surface area contributed by atoms with E-state index in [9.17, 15) is 14.4 Å². The van der Waals surface area contributed by atoms with Crippen molar-refractivity contribution in [1.29, 1.82) is 0 Å². The standard InChI is InChI=1S/C27H25ClN4O4/c1-31(2)9-6-10-36-21-13-19-16(11-17(21)25(29)33)22-20(32(19)3)12-15(14-7-4-5-8-18(14)28)23-24(22)27(35)30-26(23)34/h4-5,7-8,11-13H,6,9-10H2,1-3H3,(H2,29,33)(H,30,34,35). The van der Waals surface area contributed by atoms with Crippen LogP contribution in [0.2, 0.25) is 5.02 Å². The van der Waals surface area contributed by atoms with Crippen molar-refractivity contribution >= 4 is 51.1 Å². The molecule has 5 rings (SSSR count). The maximum absolute atomic E-state index is 13.0. The lowest BCUT2D eigenvalue weighted by molar-refractivity contribution is 0.0879. The van der Waals surface area contributed by atoms with Crippen LogP contribution in [0.15, 0.2) is 42.5 Å². The molecule has 0 radical (unpaired) electrons. The monoisotopic (exact) mass is 504 g/mol. The molecule has 0 aliphatic carbocycles. The van der Waals surface area contributed by atoms with Gasteiger partial charge >= 0.3 is 0 Å². The highest BCUT2D eigenvalue weighted by Crippen LogP contribution is 2.42. The number of carbonyl (C=O) groups excluding carboxylic acids is 3. The molecule has 0 atom stereocenters. The molecular weight excluding hydrogens is 480 g/mol. The molecule has 8 nitrogen and oxygen atoms in total. The van der Waals surface area contributed by atoms with E-state index in [0.717, 1.165) is 18.5 Å². The molecule has 184 valence electrons. The zero-order chi connectivity index (χ0) is 25.7. The Hall–Kier alpha value is -3.88. The number of halogens is 1. The predicted molar refractivity (Wildman–Crippen MR) is 140 cm³/mol. The van der Waals surface area contributed by atoms with Crippen molar-refractivity contribution in [1.82, 2.24) is 14.8 Å². The quantitative estimate of drug-likeness (QED) is 0.292. The van der Waals surface area contributed by atoms with Gasteiger partial charge in [0.25, 0.3) is 17.7 Å². The van der Waals surface area contributed by atoms with Crippen molar-refractivity contribution in [2.45, 2.75) is 6.42 Å². The molecule has 3 aromatic carbocycles.